The van der Waals surface area contributed by atoms with Crippen molar-refractivity contribution in [1.29, 1.82) is 0 Å². The number of nitrogen functional groups attached to an aromatic ring is 1. The Morgan fingerprint density at radius 2 is 1.60 bits per heavy atom. The van der Waals surface area contributed by atoms with Crippen molar-refractivity contribution in [3.05, 3.63) is 58.1 Å². The summed E-state index contributed by atoms with van der Waals surface area (Å²) in [6.45, 7) is 3.35. The van der Waals surface area contributed by atoms with E-state index in [2.05, 4.69) is 22.2 Å². The van der Waals surface area contributed by atoms with E-state index in [-0.39, 0.29) is 29.1 Å². The molecule has 2 aromatic rings. The molecule has 5 heterocycles. The first-order valence-electron chi connectivity index (χ1n) is 18.4. The number of para-hydroxylation sites is 1. The minimum atomic E-state index is -4.76. The summed E-state index contributed by atoms with van der Waals surface area (Å²) in [7, 11) is 2.21. The van der Waals surface area contributed by atoms with Gasteiger partial charge in [-0.2, -0.15) is 13.2 Å². The molecular weight excluding hydrogens is 699 g/mol. The van der Waals surface area contributed by atoms with Gasteiger partial charge in [-0.05, 0) is 81.3 Å². The number of nitrogens with one attached hydrogen (secondary N) is 1. The highest BCUT2D eigenvalue weighted by atomic mass is 35.5. The van der Waals surface area contributed by atoms with Gasteiger partial charge in [0, 0.05) is 82.1 Å². The maximum Gasteiger partial charge on any atom is 0.418 e. The van der Waals surface area contributed by atoms with Crippen molar-refractivity contribution < 1.29 is 32.3 Å². The number of carbonyl (C=O) groups is 3. The molecule has 4 amide bonds. The monoisotopic (exact) mass is 745 g/mol. The largest absolute Gasteiger partial charge is 0.436 e. The quantitative estimate of drug-likeness (QED) is 0.386. The average Bonchev–Trinajstić information content (AvgIpc) is 3.27. The van der Waals surface area contributed by atoms with Gasteiger partial charge in [-0.3, -0.25) is 9.69 Å². The summed E-state index contributed by atoms with van der Waals surface area (Å²) in [5.41, 5.74) is 5.93. The molecule has 52 heavy (non-hydrogen) atoms. The number of nitrogens with two attached hydrogens (primary N) is 1. The van der Waals surface area contributed by atoms with Crippen molar-refractivity contribution in [1.82, 2.24) is 24.5 Å². The number of piperazine rings is 1. The highest BCUT2D eigenvalue weighted by molar-refractivity contribution is 6.33. The first-order chi connectivity index (χ1) is 24.9. The normalized spacial score (nSPS) is 25.4. The summed E-state index contributed by atoms with van der Waals surface area (Å²) < 4.78 is 47.4. The molecule has 5 aliphatic rings. The highest BCUT2D eigenvalue weighted by Crippen LogP contribution is 2.39. The second-order valence-corrected chi connectivity index (χ2v) is 15.3. The van der Waals surface area contributed by atoms with Gasteiger partial charge in [0.15, 0.2) is 6.10 Å². The summed E-state index contributed by atoms with van der Waals surface area (Å²) in [5.74, 6) is -0.450. The Balaban J connectivity index is 1.01. The molecule has 3 unspecified atom stereocenters. The zero-order valence-corrected chi connectivity index (χ0v) is 30.2. The molecule has 7 rings (SSSR count). The van der Waals surface area contributed by atoms with Gasteiger partial charge in [-0.25, -0.2) is 9.59 Å². The molecule has 0 saturated carbocycles. The van der Waals surface area contributed by atoms with Crippen molar-refractivity contribution in [3.8, 4) is 0 Å². The molecule has 282 valence electrons. The molecule has 4 fully saturated rings. The molecule has 5 aliphatic heterocycles. The van der Waals surface area contributed by atoms with Gasteiger partial charge in [0.05, 0.1) is 16.3 Å². The first-order valence-corrected chi connectivity index (χ1v) is 18.7. The second-order valence-electron chi connectivity index (χ2n) is 14.9. The number of piperidine rings is 2. The summed E-state index contributed by atoms with van der Waals surface area (Å²) in [4.78, 5) is 50.7. The number of halogens is 4. The van der Waals surface area contributed by atoms with Crippen LogP contribution in [0.2, 0.25) is 5.02 Å². The van der Waals surface area contributed by atoms with Crippen molar-refractivity contribution in [2.75, 3.05) is 63.9 Å². The Kier molecular flexibility index (Phi) is 10.5. The van der Waals surface area contributed by atoms with Crippen LogP contribution in [0.1, 0.15) is 55.2 Å². The maximum atomic E-state index is 14.1. The van der Waals surface area contributed by atoms with Gasteiger partial charge < -0.3 is 35.4 Å². The lowest BCUT2D eigenvalue weighted by Crippen LogP contribution is -2.57. The van der Waals surface area contributed by atoms with Crippen LogP contribution in [0, 0.1) is 0 Å². The van der Waals surface area contributed by atoms with Crippen molar-refractivity contribution in [3.63, 3.8) is 0 Å². The lowest BCUT2D eigenvalue weighted by atomic mass is 9.96. The number of amides is 4. The third-order valence-electron chi connectivity index (χ3n) is 12.0. The number of alkyl halides is 3. The van der Waals surface area contributed by atoms with Crippen LogP contribution in [0.3, 0.4) is 0 Å². The molecule has 11 nitrogen and oxygen atoms in total. The summed E-state index contributed by atoms with van der Waals surface area (Å²) in [5, 5.41) is 2.71. The highest BCUT2D eigenvalue weighted by Gasteiger charge is 2.42. The fourth-order valence-electron chi connectivity index (χ4n) is 8.91. The lowest BCUT2D eigenvalue weighted by molar-refractivity contribution is -0.143. The third-order valence-corrected chi connectivity index (χ3v) is 12.3. The van der Waals surface area contributed by atoms with Crippen LogP contribution in [0.4, 0.5) is 34.1 Å². The Morgan fingerprint density at radius 3 is 2.27 bits per heavy atom. The van der Waals surface area contributed by atoms with E-state index in [0.717, 1.165) is 30.2 Å². The van der Waals surface area contributed by atoms with Gasteiger partial charge in [0.1, 0.15) is 0 Å². The predicted octanol–water partition coefficient (Wildman–Crippen LogP) is 5.31. The van der Waals surface area contributed by atoms with Gasteiger partial charge in [-0.1, -0.05) is 29.8 Å². The van der Waals surface area contributed by atoms with Crippen molar-refractivity contribution in [2.24, 2.45) is 0 Å². The summed E-state index contributed by atoms with van der Waals surface area (Å²) in [6.07, 6.45) is -0.767. The minimum absolute atomic E-state index is 0.0880. The fourth-order valence-corrected chi connectivity index (χ4v) is 9.15. The molecule has 0 aliphatic carbocycles. The van der Waals surface area contributed by atoms with Crippen LogP contribution >= 0.6 is 11.6 Å². The smallest absolute Gasteiger partial charge is 0.418 e. The van der Waals surface area contributed by atoms with Gasteiger partial charge in [0.2, 0.25) is 0 Å². The predicted molar refractivity (Wildman–Crippen MR) is 191 cm³/mol. The van der Waals surface area contributed by atoms with Crippen LogP contribution in [-0.4, -0.2) is 126 Å². The second kappa shape index (κ2) is 14.9. The van der Waals surface area contributed by atoms with E-state index in [9.17, 15) is 27.6 Å². The SMILES string of the molecule is CN1C2CC[C@@H]1CC(N1CCN(C(=O)C(Cc3cc(Cl)c(N)c(C(F)(F)F)c3)OC(=O)N3CCC(N4CCc5ccccc5NC4=O)CC3)CC1)C2. The van der Waals surface area contributed by atoms with E-state index in [1.165, 1.54) is 23.8 Å². The molecule has 0 spiro atoms. The zero-order valence-electron chi connectivity index (χ0n) is 29.4. The first kappa shape index (κ1) is 36.6. The van der Waals surface area contributed by atoms with E-state index in [1.807, 2.05) is 29.2 Å². The van der Waals surface area contributed by atoms with Crippen molar-refractivity contribution >= 4 is 41.0 Å². The Labute approximate surface area is 307 Å². The Bertz CT molecular complexity index is 1650. The minimum Gasteiger partial charge on any atom is -0.436 e. The number of fused-ring (bicyclic) bond motifs is 3. The number of benzene rings is 2. The molecule has 15 heteroatoms. The van der Waals surface area contributed by atoms with Gasteiger partial charge in [-0.15, -0.1) is 0 Å². The number of urea groups is 1. The summed E-state index contributed by atoms with van der Waals surface area (Å²) >= 11 is 6.14. The van der Waals surface area contributed by atoms with Crippen LogP contribution in [0.15, 0.2) is 36.4 Å². The Hall–Kier alpha value is -3.75. The summed E-state index contributed by atoms with van der Waals surface area (Å²) in [6, 6.07) is 11.2. The van der Waals surface area contributed by atoms with Gasteiger partial charge in [0.25, 0.3) is 5.91 Å². The molecule has 3 N–H and O–H groups in total. The van der Waals surface area contributed by atoms with Crippen LogP contribution in [0.25, 0.3) is 0 Å². The molecule has 4 atom stereocenters. The molecular formula is C37H47ClF3N7O4. The van der Waals surface area contributed by atoms with E-state index >= 15 is 0 Å². The number of rotatable bonds is 6. The average molecular weight is 746 g/mol. The maximum absolute atomic E-state index is 14.1. The molecule has 0 radical (unpaired) electrons. The van der Waals surface area contributed by atoms with Crippen molar-refractivity contribution in [2.45, 2.75) is 87.8 Å². The molecule has 2 bridgehead atoms. The number of nitrogens with zero attached hydrogens (tertiary/aromatic N) is 5. The van der Waals surface area contributed by atoms with Crippen LogP contribution in [0.5, 0.6) is 0 Å². The topological polar surface area (TPSA) is 115 Å². The lowest BCUT2D eigenvalue weighted by Gasteiger charge is -2.45. The standard InChI is InChI=1S/C37H47ClF3N7O4/c1-44-26-6-7-27(44)22-28(21-26)45-14-16-46(17-15-45)34(49)32(20-23-18-29(37(39,40)41)33(42)30(38)19-23)52-36(51)47-11-9-25(10-12-47)48-13-8-24-4-2-3-5-31(24)43-35(48)50/h2-5,18-19,25-28,32H,6-17,20-22,42H2,1H3,(H,43,50)/t26-,27?,28?,32?/m1/s1. The Morgan fingerprint density at radius 1 is 0.923 bits per heavy atom. The van der Waals surface area contributed by atoms with Crippen LogP contribution < -0.4 is 11.1 Å². The van der Waals surface area contributed by atoms with E-state index < -0.39 is 35.5 Å². The van der Waals surface area contributed by atoms with E-state index in [0.29, 0.717) is 83.2 Å². The molecule has 4 saturated heterocycles. The van der Waals surface area contributed by atoms with E-state index in [4.69, 9.17) is 22.1 Å². The fraction of sp³-hybridized carbons (Fsp3) is 0.595. The zero-order chi connectivity index (χ0) is 36.7. The van der Waals surface area contributed by atoms with E-state index in [1.54, 1.807) is 4.90 Å². The number of likely N-dealkylation sites (tertiary alicyclic amines) is 1. The number of anilines is 2. The third kappa shape index (κ3) is 7.65. The number of ether oxygens (including phenoxy) is 1. The van der Waals surface area contributed by atoms with Gasteiger partial charge >= 0.3 is 18.3 Å². The number of hydrogen-bond donors (Lipinski definition) is 2. The number of carbonyl (C=O) groups excluding carboxylic acids is 3. The molecule has 2 aromatic carbocycles. The number of hydrogen-bond acceptors (Lipinski definition) is 7. The molecule has 0 aromatic heterocycles. The van der Waals surface area contributed by atoms with Crippen LogP contribution in [-0.2, 0) is 28.5 Å².